The molecule has 6 rings (SSSR count). The molecule has 7 heteroatoms. The van der Waals surface area contributed by atoms with Crippen LogP contribution in [-0.2, 0) is 15.6 Å². The van der Waals surface area contributed by atoms with Gasteiger partial charge in [0.2, 0.25) is 0 Å². The second-order valence-corrected chi connectivity index (χ2v) is 12.1. The largest absolute Gasteiger partial charge is 0.492 e. The van der Waals surface area contributed by atoms with Crippen molar-refractivity contribution in [2.24, 2.45) is 23.2 Å². The van der Waals surface area contributed by atoms with Gasteiger partial charge >= 0.3 is 0 Å². The molecule has 4 aliphatic carbocycles. The summed E-state index contributed by atoms with van der Waals surface area (Å²) in [5.74, 6) is 3.72. The lowest BCUT2D eigenvalue weighted by atomic mass is 9.50. The van der Waals surface area contributed by atoms with Crippen molar-refractivity contribution in [2.45, 2.75) is 51.2 Å². The highest BCUT2D eigenvalue weighted by molar-refractivity contribution is 7.89. The number of nitrogens with zero attached hydrogens (tertiary/aromatic N) is 3. The standard InChI is InChI=1S/C22H29N3O3S/c1-14(2)18-11-25-20(23-24-21(25)12-29(3,26)27)7-19(18)28-13-22-8-15-4-16(9-22)6-17(5-15)10-22/h7,11,15-17H,1,4-6,8-10,12-13H2,2-3H3. The van der Waals surface area contributed by atoms with Crippen LogP contribution in [0.4, 0.5) is 0 Å². The minimum Gasteiger partial charge on any atom is -0.492 e. The summed E-state index contributed by atoms with van der Waals surface area (Å²) >= 11 is 0. The van der Waals surface area contributed by atoms with Crippen LogP contribution in [0, 0.1) is 23.2 Å². The van der Waals surface area contributed by atoms with Crippen LogP contribution < -0.4 is 4.74 Å². The van der Waals surface area contributed by atoms with Crippen LogP contribution >= 0.6 is 0 Å². The monoisotopic (exact) mass is 415 g/mol. The van der Waals surface area contributed by atoms with Gasteiger partial charge in [0.05, 0.1) is 6.61 Å². The lowest BCUT2D eigenvalue weighted by Crippen LogP contribution is -2.48. The molecule has 156 valence electrons. The number of pyridine rings is 1. The normalized spacial score (nSPS) is 30.8. The van der Waals surface area contributed by atoms with Crippen LogP contribution in [0.3, 0.4) is 0 Å². The van der Waals surface area contributed by atoms with Crippen molar-refractivity contribution in [3.8, 4) is 5.75 Å². The summed E-state index contributed by atoms with van der Waals surface area (Å²) in [6.07, 6.45) is 11.2. The van der Waals surface area contributed by atoms with Crippen LogP contribution in [0.5, 0.6) is 5.75 Å². The van der Waals surface area contributed by atoms with E-state index in [0.717, 1.165) is 41.2 Å². The number of ether oxygens (including phenoxy) is 1. The lowest BCUT2D eigenvalue weighted by Gasteiger charge is -2.56. The number of rotatable bonds is 6. The first-order chi connectivity index (χ1) is 13.7. The molecule has 0 N–H and O–H groups in total. The Morgan fingerprint density at radius 2 is 1.83 bits per heavy atom. The Kier molecular flexibility index (Phi) is 4.32. The van der Waals surface area contributed by atoms with E-state index in [1.54, 1.807) is 4.40 Å². The first-order valence-corrected chi connectivity index (χ1v) is 12.6. The third-order valence-corrected chi connectivity index (χ3v) is 7.91. The second-order valence-electron chi connectivity index (χ2n) is 9.95. The van der Waals surface area contributed by atoms with Crippen molar-refractivity contribution in [1.29, 1.82) is 0 Å². The van der Waals surface area contributed by atoms with E-state index in [-0.39, 0.29) is 5.75 Å². The SMILES string of the molecule is C=C(C)c1cn2c(CS(C)(=O)=O)nnc2cc1OCC12CC3CC(CC(C3)C1)C2. The number of hydrogen-bond acceptors (Lipinski definition) is 5. The van der Waals surface area contributed by atoms with E-state index < -0.39 is 9.84 Å². The molecular formula is C22H29N3O3S. The van der Waals surface area contributed by atoms with Gasteiger partial charge < -0.3 is 4.74 Å². The zero-order valence-electron chi connectivity index (χ0n) is 17.2. The summed E-state index contributed by atoms with van der Waals surface area (Å²) in [6.45, 7) is 6.79. The Morgan fingerprint density at radius 3 is 2.38 bits per heavy atom. The smallest absolute Gasteiger partial charge is 0.164 e. The topological polar surface area (TPSA) is 73.6 Å². The second kappa shape index (κ2) is 6.56. The minimum atomic E-state index is -3.19. The minimum absolute atomic E-state index is 0.142. The van der Waals surface area contributed by atoms with E-state index >= 15 is 0 Å². The van der Waals surface area contributed by atoms with Crippen molar-refractivity contribution in [1.82, 2.24) is 14.6 Å². The van der Waals surface area contributed by atoms with Gasteiger partial charge in [-0.05, 0) is 68.8 Å². The fraction of sp³-hybridized carbons (Fsp3) is 0.636. The molecule has 4 aliphatic rings. The highest BCUT2D eigenvalue weighted by Gasteiger charge is 2.51. The average Bonchev–Trinajstić information content (AvgIpc) is 2.98. The Balaban J connectivity index is 1.44. The molecule has 0 amide bonds. The summed E-state index contributed by atoms with van der Waals surface area (Å²) in [5, 5.41) is 8.26. The van der Waals surface area contributed by atoms with Crippen molar-refractivity contribution in [2.75, 3.05) is 12.9 Å². The van der Waals surface area contributed by atoms with E-state index in [2.05, 4.69) is 16.8 Å². The predicted octanol–water partition coefficient (Wildman–Crippen LogP) is 3.90. The maximum Gasteiger partial charge on any atom is 0.164 e. The molecule has 0 spiro atoms. The molecule has 0 atom stereocenters. The number of hydrogen-bond donors (Lipinski definition) is 0. The fourth-order valence-electron chi connectivity index (χ4n) is 6.43. The number of aromatic nitrogens is 3. The molecule has 29 heavy (non-hydrogen) atoms. The van der Waals surface area contributed by atoms with E-state index in [1.807, 2.05) is 19.2 Å². The van der Waals surface area contributed by atoms with Gasteiger partial charge in [0, 0.05) is 29.5 Å². The quantitative estimate of drug-likeness (QED) is 0.715. The van der Waals surface area contributed by atoms with Crippen molar-refractivity contribution in [3.05, 3.63) is 30.2 Å². The van der Waals surface area contributed by atoms with E-state index in [9.17, 15) is 8.42 Å². The molecule has 2 aromatic heterocycles. The third kappa shape index (κ3) is 3.58. The van der Waals surface area contributed by atoms with Crippen molar-refractivity contribution >= 4 is 21.1 Å². The highest BCUT2D eigenvalue weighted by Crippen LogP contribution is 2.60. The summed E-state index contributed by atoms with van der Waals surface area (Å²) in [7, 11) is -3.19. The van der Waals surface area contributed by atoms with Crippen LogP contribution in [-0.4, -0.2) is 35.9 Å². The van der Waals surface area contributed by atoms with E-state index in [0.29, 0.717) is 16.9 Å². The summed E-state index contributed by atoms with van der Waals surface area (Å²) < 4.78 is 31.6. The van der Waals surface area contributed by atoms with Gasteiger partial charge in [-0.3, -0.25) is 4.40 Å². The lowest BCUT2D eigenvalue weighted by molar-refractivity contribution is -0.0745. The summed E-state index contributed by atoms with van der Waals surface area (Å²) in [4.78, 5) is 0. The molecule has 2 heterocycles. The number of sulfone groups is 1. The van der Waals surface area contributed by atoms with Crippen LogP contribution in [0.2, 0.25) is 0 Å². The molecule has 0 unspecified atom stereocenters. The van der Waals surface area contributed by atoms with Gasteiger partial charge in [-0.2, -0.15) is 0 Å². The summed E-state index contributed by atoms with van der Waals surface area (Å²) in [6, 6.07) is 1.88. The zero-order chi connectivity index (χ0) is 20.4. The Labute approximate surface area is 172 Å². The van der Waals surface area contributed by atoms with Gasteiger partial charge in [0.15, 0.2) is 21.3 Å². The molecule has 0 radical (unpaired) electrons. The molecule has 0 aromatic carbocycles. The molecule has 4 fully saturated rings. The third-order valence-electron chi connectivity index (χ3n) is 7.13. The van der Waals surface area contributed by atoms with Gasteiger partial charge in [0.25, 0.3) is 0 Å². The van der Waals surface area contributed by atoms with Crippen molar-refractivity contribution < 1.29 is 13.2 Å². The first kappa shape index (κ1) is 19.1. The molecule has 4 saturated carbocycles. The Bertz CT molecular complexity index is 1050. The first-order valence-electron chi connectivity index (χ1n) is 10.5. The molecule has 4 bridgehead atoms. The van der Waals surface area contributed by atoms with Crippen molar-refractivity contribution in [3.63, 3.8) is 0 Å². The van der Waals surface area contributed by atoms with Gasteiger partial charge in [-0.1, -0.05) is 6.58 Å². The molecule has 2 aromatic rings. The number of allylic oxidation sites excluding steroid dienone is 1. The van der Waals surface area contributed by atoms with Gasteiger partial charge in [-0.25, -0.2) is 8.42 Å². The maximum atomic E-state index is 11.7. The maximum absolute atomic E-state index is 11.7. The van der Waals surface area contributed by atoms with E-state index in [1.165, 1.54) is 44.8 Å². The van der Waals surface area contributed by atoms with Crippen LogP contribution in [0.15, 0.2) is 18.8 Å². The molecule has 0 aliphatic heterocycles. The summed E-state index contributed by atoms with van der Waals surface area (Å²) in [5.41, 5.74) is 2.69. The molecule has 6 nitrogen and oxygen atoms in total. The fourth-order valence-corrected chi connectivity index (χ4v) is 7.10. The highest BCUT2D eigenvalue weighted by atomic mass is 32.2. The zero-order valence-corrected chi connectivity index (χ0v) is 18.0. The van der Waals surface area contributed by atoms with Gasteiger partial charge in [-0.15, -0.1) is 10.2 Å². The van der Waals surface area contributed by atoms with Gasteiger partial charge in [0.1, 0.15) is 11.5 Å². The number of fused-ring (bicyclic) bond motifs is 1. The molecular weight excluding hydrogens is 386 g/mol. The Morgan fingerprint density at radius 1 is 1.21 bits per heavy atom. The van der Waals surface area contributed by atoms with Crippen LogP contribution in [0.25, 0.3) is 11.2 Å². The van der Waals surface area contributed by atoms with E-state index in [4.69, 9.17) is 4.74 Å². The Hall–Kier alpha value is -1.89. The predicted molar refractivity (Wildman–Crippen MR) is 112 cm³/mol. The average molecular weight is 416 g/mol. The molecule has 0 saturated heterocycles. The van der Waals surface area contributed by atoms with Crippen LogP contribution in [0.1, 0.15) is 56.8 Å².